The maximum atomic E-state index is 12.9. The number of halogens is 2. The summed E-state index contributed by atoms with van der Waals surface area (Å²) in [5, 5.41) is 3.19. The summed E-state index contributed by atoms with van der Waals surface area (Å²) in [6.45, 7) is 3.24. The van der Waals surface area contributed by atoms with E-state index < -0.39 is 11.6 Å². The van der Waals surface area contributed by atoms with Crippen LogP contribution in [0.25, 0.3) is 0 Å². The zero-order valence-electron chi connectivity index (χ0n) is 10.1. The summed E-state index contributed by atoms with van der Waals surface area (Å²) in [6.07, 6.45) is 2.23. The molecule has 0 saturated heterocycles. The minimum atomic E-state index is -0.534. The monoisotopic (exact) mass is 251 g/mol. The second-order valence-electron chi connectivity index (χ2n) is 4.18. The van der Waals surface area contributed by atoms with Crippen LogP contribution >= 0.6 is 0 Å². The summed E-state index contributed by atoms with van der Waals surface area (Å²) >= 11 is 0. The van der Waals surface area contributed by atoms with Gasteiger partial charge in [0.15, 0.2) is 0 Å². The van der Waals surface area contributed by atoms with E-state index in [-0.39, 0.29) is 0 Å². The zero-order valence-corrected chi connectivity index (χ0v) is 10.1. The summed E-state index contributed by atoms with van der Waals surface area (Å²) in [5.41, 5.74) is 2.64. The first-order valence-electron chi connectivity index (χ1n) is 5.79. The molecule has 0 bridgehead atoms. The summed E-state index contributed by atoms with van der Waals surface area (Å²) in [7, 11) is 0. The Bertz CT molecular complexity index is 502. The van der Waals surface area contributed by atoms with Crippen LogP contribution in [0.15, 0.2) is 24.5 Å². The SMILES string of the molecule is Cc1[nH]cnc1CNCCc1cc(F)cc(F)c1. The molecule has 0 radical (unpaired) electrons. The molecule has 1 aromatic carbocycles. The first kappa shape index (κ1) is 12.7. The standard InChI is InChI=1S/C13H15F2N3/c1-9-13(18-8-17-9)7-16-3-2-10-4-11(14)6-12(15)5-10/h4-6,8,16H,2-3,7H2,1H3,(H,17,18). The average Bonchev–Trinajstić information content (AvgIpc) is 2.69. The van der Waals surface area contributed by atoms with Crippen molar-refractivity contribution in [3.05, 3.63) is 53.1 Å². The Kier molecular flexibility index (Phi) is 4.04. The number of aromatic nitrogens is 2. The zero-order chi connectivity index (χ0) is 13.0. The van der Waals surface area contributed by atoms with Gasteiger partial charge in [-0.25, -0.2) is 13.8 Å². The molecule has 1 aromatic heterocycles. The minimum Gasteiger partial charge on any atom is -0.348 e. The van der Waals surface area contributed by atoms with E-state index in [2.05, 4.69) is 15.3 Å². The molecule has 96 valence electrons. The smallest absolute Gasteiger partial charge is 0.126 e. The highest BCUT2D eigenvalue weighted by atomic mass is 19.1. The number of rotatable bonds is 5. The van der Waals surface area contributed by atoms with Gasteiger partial charge >= 0.3 is 0 Å². The van der Waals surface area contributed by atoms with Crippen molar-refractivity contribution in [1.82, 2.24) is 15.3 Å². The lowest BCUT2D eigenvalue weighted by atomic mass is 10.1. The highest BCUT2D eigenvalue weighted by Crippen LogP contribution is 2.08. The van der Waals surface area contributed by atoms with Crippen LogP contribution in [0.4, 0.5) is 8.78 Å². The molecule has 0 atom stereocenters. The highest BCUT2D eigenvalue weighted by Gasteiger charge is 2.02. The molecule has 18 heavy (non-hydrogen) atoms. The summed E-state index contributed by atoms with van der Waals surface area (Å²) in [6, 6.07) is 3.58. The number of H-pyrrole nitrogens is 1. The Morgan fingerprint density at radius 3 is 2.56 bits per heavy atom. The molecule has 0 aliphatic carbocycles. The fraction of sp³-hybridized carbons (Fsp3) is 0.308. The fourth-order valence-electron chi connectivity index (χ4n) is 1.76. The Morgan fingerprint density at radius 2 is 1.94 bits per heavy atom. The van der Waals surface area contributed by atoms with Crippen molar-refractivity contribution >= 4 is 0 Å². The first-order valence-corrected chi connectivity index (χ1v) is 5.79. The second-order valence-corrected chi connectivity index (χ2v) is 4.18. The van der Waals surface area contributed by atoms with E-state index in [1.165, 1.54) is 12.1 Å². The molecule has 3 nitrogen and oxygen atoms in total. The Balaban J connectivity index is 1.80. The van der Waals surface area contributed by atoms with Gasteiger partial charge in [-0.2, -0.15) is 0 Å². The van der Waals surface area contributed by atoms with Gasteiger partial charge in [-0.15, -0.1) is 0 Å². The quantitative estimate of drug-likeness (QED) is 0.801. The van der Waals surface area contributed by atoms with Gasteiger partial charge in [-0.3, -0.25) is 0 Å². The Morgan fingerprint density at radius 1 is 1.22 bits per heavy atom. The van der Waals surface area contributed by atoms with Crippen molar-refractivity contribution in [3.8, 4) is 0 Å². The maximum Gasteiger partial charge on any atom is 0.126 e. The molecule has 5 heteroatoms. The molecular formula is C13H15F2N3. The third-order valence-electron chi connectivity index (χ3n) is 2.74. The second kappa shape index (κ2) is 5.73. The van der Waals surface area contributed by atoms with Crippen LogP contribution in [-0.4, -0.2) is 16.5 Å². The van der Waals surface area contributed by atoms with Gasteiger partial charge in [0, 0.05) is 18.3 Å². The third kappa shape index (κ3) is 3.37. The number of benzene rings is 1. The van der Waals surface area contributed by atoms with Gasteiger partial charge in [0.1, 0.15) is 11.6 Å². The molecule has 2 N–H and O–H groups in total. The van der Waals surface area contributed by atoms with Crippen molar-refractivity contribution in [2.45, 2.75) is 19.9 Å². The lowest BCUT2D eigenvalue weighted by molar-refractivity contribution is 0.577. The van der Waals surface area contributed by atoms with Crippen LogP contribution in [0.2, 0.25) is 0 Å². The topological polar surface area (TPSA) is 40.7 Å². The molecule has 2 rings (SSSR count). The van der Waals surface area contributed by atoms with Gasteiger partial charge < -0.3 is 10.3 Å². The number of hydrogen-bond donors (Lipinski definition) is 2. The number of imidazole rings is 1. The normalized spacial score (nSPS) is 10.8. The predicted molar refractivity (Wildman–Crippen MR) is 65.1 cm³/mol. The number of nitrogens with zero attached hydrogens (tertiary/aromatic N) is 1. The Hall–Kier alpha value is -1.75. The van der Waals surface area contributed by atoms with Crippen molar-refractivity contribution in [3.63, 3.8) is 0 Å². The van der Waals surface area contributed by atoms with Crippen LogP contribution in [0.1, 0.15) is 17.0 Å². The highest BCUT2D eigenvalue weighted by molar-refractivity contribution is 5.18. The summed E-state index contributed by atoms with van der Waals surface area (Å²) < 4.78 is 25.9. The molecular weight excluding hydrogens is 236 g/mol. The number of hydrogen-bond acceptors (Lipinski definition) is 2. The predicted octanol–water partition coefficient (Wildman–Crippen LogP) is 2.33. The van der Waals surface area contributed by atoms with Crippen molar-refractivity contribution in [2.24, 2.45) is 0 Å². The first-order chi connectivity index (χ1) is 8.65. The summed E-state index contributed by atoms with van der Waals surface area (Å²) in [5.74, 6) is -1.07. The largest absolute Gasteiger partial charge is 0.348 e. The van der Waals surface area contributed by atoms with E-state index in [1.54, 1.807) is 6.33 Å². The van der Waals surface area contributed by atoms with Gasteiger partial charge in [-0.1, -0.05) is 0 Å². The van der Waals surface area contributed by atoms with Crippen molar-refractivity contribution in [2.75, 3.05) is 6.54 Å². The molecule has 0 amide bonds. The van der Waals surface area contributed by atoms with Crippen LogP contribution < -0.4 is 5.32 Å². The van der Waals surface area contributed by atoms with Crippen LogP contribution in [0.3, 0.4) is 0 Å². The van der Waals surface area contributed by atoms with Gasteiger partial charge in [0.25, 0.3) is 0 Å². The van der Waals surface area contributed by atoms with Crippen LogP contribution in [0, 0.1) is 18.6 Å². The molecule has 0 aliphatic rings. The molecule has 0 spiro atoms. The lowest BCUT2D eigenvalue weighted by Gasteiger charge is -2.04. The minimum absolute atomic E-state index is 0.534. The van der Waals surface area contributed by atoms with E-state index in [0.717, 1.165) is 17.5 Å². The number of nitrogens with one attached hydrogen (secondary N) is 2. The van der Waals surface area contributed by atoms with Crippen molar-refractivity contribution in [1.29, 1.82) is 0 Å². The molecule has 0 aliphatic heterocycles. The third-order valence-corrected chi connectivity index (χ3v) is 2.74. The average molecular weight is 251 g/mol. The van der Waals surface area contributed by atoms with E-state index in [1.807, 2.05) is 6.92 Å². The number of aryl methyl sites for hydroxylation is 1. The van der Waals surface area contributed by atoms with E-state index in [4.69, 9.17) is 0 Å². The van der Waals surface area contributed by atoms with Crippen LogP contribution in [-0.2, 0) is 13.0 Å². The molecule has 2 aromatic rings. The molecule has 0 unspecified atom stereocenters. The van der Waals surface area contributed by atoms with Crippen molar-refractivity contribution < 1.29 is 8.78 Å². The molecule has 0 fully saturated rings. The van der Waals surface area contributed by atoms with E-state index >= 15 is 0 Å². The molecule has 0 saturated carbocycles. The lowest BCUT2D eigenvalue weighted by Crippen LogP contribution is -2.17. The van der Waals surface area contributed by atoms with E-state index in [0.29, 0.717) is 25.1 Å². The fourth-order valence-corrected chi connectivity index (χ4v) is 1.76. The maximum absolute atomic E-state index is 12.9. The number of aromatic amines is 1. The summed E-state index contributed by atoms with van der Waals surface area (Å²) in [4.78, 5) is 7.14. The van der Waals surface area contributed by atoms with E-state index in [9.17, 15) is 8.78 Å². The Labute approximate surface area is 104 Å². The molecule has 1 heterocycles. The van der Waals surface area contributed by atoms with Gasteiger partial charge in [0.2, 0.25) is 0 Å². The van der Waals surface area contributed by atoms with Gasteiger partial charge in [-0.05, 0) is 37.6 Å². The van der Waals surface area contributed by atoms with Crippen LogP contribution in [0.5, 0.6) is 0 Å². The van der Waals surface area contributed by atoms with Gasteiger partial charge in [0.05, 0.1) is 12.0 Å².